The van der Waals surface area contributed by atoms with Crippen LogP contribution >= 0.6 is 27.3 Å². The van der Waals surface area contributed by atoms with Gasteiger partial charge in [-0.1, -0.05) is 61.0 Å². The van der Waals surface area contributed by atoms with E-state index in [1.165, 1.54) is 23.1 Å². The van der Waals surface area contributed by atoms with Gasteiger partial charge in [0.25, 0.3) is 5.91 Å². The zero-order valence-electron chi connectivity index (χ0n) is 23.6. The van der Waals surface area contributed by atoms with Crippen molar-refractivity contribution < 1.29 is 23.9 Å². The topological polar surface area (TPSA) is 112 Å². The van der Waals surface area contributed by atoms with Crippen molar-refractivity contribution in [3.05, 3.63) is 75.1 Å². The number of halogens is 2. The fraction of sp³-hybridized carbons (Fsp3) is 0.400. The molecule has 218 valence electrons. The first kappa shape index (κ1) is 30.8. The summed E-state index contributed by atoms with van der Waals surface area (Å²) >= 11 is 4.80. The van der Waals surface area contributed by atoms with Crippen LogP contribution in [0.5, 0.6) is 0 Å². The summed E-state index contributed by atoms with van der Waals surface area (Å²) in [6.45, 7) is 9.08. The summed E-state index contributed by atoms with van der Waals surface area (Å²) in [5.74, 6) is -2.39. The molecule has 0 bridgehead atoms. The van der Waals surface area contributed by atoms with Crippen LogP contribution in [-0.4, -0.2) is 57.4 Å². The summed E-state index contributed by atoms with van der Waals surface area (Å²) in [6, 6.07) is 9.48. The van der Waals surface area contributed by atoms with E-state index in [4.69, 9.17) is 0 Å². The van der Waals surface area contributed by atoms with Crippen molar-refractivity contribution in [3.63, 3.8) is 0 Å². The molecule has 8 nitrogen and oxygen atoms in total. The molecule has 3 N–H and O–H groups in total. The number of aliphatic hydroxyl groups excluding tert-OH is 1. The van der Waals surface area contributed by atoms with Crippen LogP contribution in [0.3, 0.4) is 0 Å². The molecule has 1 fully saturated rings. The third kappa shape index (κ3) is 7.02. The Labute approximate surface area is 251 Å². The number of benzene rings is 2. The van der Waals surface area contributed by atoms with Crippen molar-refractivity contribution in [1.29, 1.82) is 0 Å². The third-order valence-electron chi connectivity index (χ3n) is 7.20. The maximum absolute atomic E-state index is 14.4. The van der Waals surface area contributed by atoms with E-state index in [0.29, 0.717) is 4.47 Å². The van der Waals surface area contributed by atoms with Gasteiger partial charge < -0.3 is 20.6 Å². The van der Waals surface area contributed by atoms with Gasteiger partial charge in [0.15, 0.2) is 0 Å². The van der Waals surface area contributed by atoms with E-state index in [2.05, 4.69) is 31.5 Å². The first-order valence-corrected chi connectivity index (χ1v) is 15.0. The van der Waals surface area contributed by atoms with Gasteiger partial charge in [-0.05, 0) is 48.6 Å². The van der Waals surface area contributed by atoms with Gasteiger partial charge in [-0.3, -0.25) is 14.4 Å². The number of carbonyl (C=O) groups excluding carboxylic acids is 3. The van der Waals surface area contributed by atoms with Crippen LogP contribution in [0.25, 0.3) is 10.4 Å². The summed E-state index contributed by atoms with van der Waals surface area (Å²) in [5, 5.41) is 16.1. The number of nitrogens with one attached hydrogen (secondary N) is 2. The first-order valence-electron chi connectivity index (χ1n) is 13.3. The molecule has 1 aliphatic rings. The fourth-order valence-corrected chi connectivity index (χ4v) is 6.07. The van der Waals surface area contributed by atoms with Gasteiger partial charge in [0.05, 0.1) is 33.8 Å². The highest BCUT2D eigenvalue weighted by Gasteiger charge is 2.45. The minimum absolute atomic E-state index is 0.0537. The molecule has 4 rings (SSSR count). The molecule has 2 heterocycles. The molecule has 0 saturated carbocycles. The van der Waals surface area contributed by atoms with Crippen molar-refractivity contribution in [2.75, 3.05) is 6.54 Å². The number of likely N-dealkylation sites (tertiary alicyclic amines) is 1. The largest absolute Gasteiger partial charge is 0.391 e. The summed E-state index contributed by atoms with van der Waals surface area (Å²) in [5.41, 5.74) is 3.72. The van der Waals surface area contributed by atoms with Crippen molar-refractivity contribution in [2.24, 2.45) is 5.41 Å². The lowest BCUT2D eigenvalue weighted by Crippen LogP contribution is -2.58. The van der Waals surface area contributed by atoms with Gasteiger partial charge in [-0.25, -0.2) is 9.37 Å². The number of β-amino-alcohol motifs (C(OH)–C–C–N with tert-alkyl or cyclic N) is 1. The highest BCUT2D eigenvalue weighted by molar-refractivity contribution is 9.10. The third-order valence-corrected chi connectivity index (χ3v) is 8.67. The zero-order valence-corrected chi connectivity index (χ0v) is 26.0. The van der Waals surface area contributed by atoms with E-state index >= 15 is 0 Å². The lowest BCUT2D eigenvalue weighted by molar-refractivity contribution is -0.142. The van der Waals surface area contributed by atoms with Gasteiger partial charge >= 0.3 is 0 Å². The molecule has 1 saturated heterocycles. The molecule has 4 atom stereocenters. The molecular weight excluding hydrogens is 611 g/mol. The number of aliphatic hydroxyl groups is 1. The van der Waals surface area contributed by atoms with Crippen LogP contribution in [0, 0.1) is 18.2 Å². The number of hydrogen-bond acceptors (Lipinski definition) is 6. The van der Waals surface area contributed by atoms with Crippen molar-refractivity contribution >= 4 is 45.0 Å². The first-order chi connectivity index (χ1) is 19.3. The Balaban J connectivity index is 1.49. The molecule has 0 unspecified atom stereocenters. The molecule has 3 aromatic rings. The van der Waals surface area contributed by atoms with Gasteiger partial charge in [0.2, 0.25) is 11.8 Å². The number of aryl methyl sites for hydroxylation is 1. The molecule has 0 radical (unpaired) electrons. The second-order valence-electron chi connectivity index (χ2n) is 11.4. The number of nitrogens with zero attached hydrogens (tertiary/aromatic N) is 2. The number of hydrogen-bond donors (Lipinski definition) is 3. The molecular formula is C30H34BrFN4O4S. The van der Waals surface area contributed by atoms with Crippen LogP contribution in [0.2, 0.25) is 0 Å². The Kier molecular flexibility index (Phi) is 9.30. The number of rotatable bonds is 7. The smallest absolute Gasteiger partial charge is 0.254 e. The number of amides is 3. The number of carbonyl (C=O) groups is 3. The Morgan fingerprint density at radius 2 is 1.83 bits per heavy atom. The normalized spacial score (nSPS) is 18.6. The Hall–Kier alpha value is -3.15. The summed E-state index contributed by atoms with van der Waals surface area (Å²) < 4.78 is 14.9. The van der Waals surface area contributed by atoms with Crippen LogP contribution in [-0.2, 0) is 9.59 Å². The fourth-order valence-electron chi connectivity index (χ4n) is 4.90. The molecule has 0 spiro atoms. The number of aromatic nitrogens is 1. The standard InChI is InChI=1S/C30H34BrFN4O4S/c1-16(18-6-8-19(9-7-18)25-17(2)33-15-41-25)34-28(39)24-13-21(37)14-36(24)29(40)26(30(3,4)5)35-27(38)22-12-20(31)10-11-23(22)32/h6-12,15-16,21,24,26,37H,13-14H2,1-5H3,(H,34,39)(H,35,38)/t16-,21+,24-,26+/m0/s1. The van der Waals surface area contributed by atoms with Crippen LogP contribution in [0.4, 0.5) is 4.39 Å². The van der Waals surface area contributed by atoms with Gasteiger partial charge in [-0.15, -0.1) is 11.3 Å². The Bertz CT molecular complexity index is 1440. The average Bonchev–Trinajstić information content (AvgIpc) is 3.52. The van der Waals surface area contributed by atoms with Gasteiger partial charge in [0.1, 0.15) is 17.9 Å². The highest BCUT2D eigenvalue weighted by atomic mass is 79.9. The number of thiazole rings is 1. The second kappa shape index (κ2) is 12.4. The maximum atomic E-state index is 14.4. The lowest BCUT2D eigenvalue weighted by Gasteiger charge is -2.35. The quantitative estimate of drug-likeness (QED) is 0.335. The predicted octanol–water partition coefficient (Wildman–Crippen LogP) is 5.00. The Morgan fingerprint density at radius 3 is 2.44 bits per heavy atom. The summed E-state index contributed by atoms with van der Waals surface area (Å²) in [4.78, 5) is 47.0. The van der Waals surface area contributed by atoms with Crippen LogP contribution in [0.1, 0.15) is 61.8 Å². The summed E-state index contributed by atoms with van der Waals surface area (Å²) in [7, 11) is 0. The molecule has 1 aromatic heterocycles. The van der Waals surface area contributed by atoms with Crippen molar-refractivity contribution in [3.8, 4) is 10.4 Å². The van der Waals surface area contributed by atoms with E-state index in [0.717, 1.165) is 21.7 Å². The lowest BCUT2D eigenvalue weighted by atomic mass is 9.85. The molecule has 11 heteroatoms. The van der Waals surface area contributed by atoms with Gasteiger partial charge in [0, 0.05) is 17.4 Å². The average molecular weight is 646 g/mol. The monoisotopic (exact) mass is 644 g/mol. The molecule has 2 aromatic carbocycles. The molecule has 3 amide bonds. The van der Waals surface area contributed by atoms with Gasteiger partial charge in [-0.2, -0.15) is 0 Å². The van der Waals surface area contributed by atoms with Crippen molar-refractivity contribution in [2.45, 2.75) is 65.3 Å². The minimum Gasteiger partial charge on any atom is -0.391 e. The highest BCUT2D eigenvalue weighted by Crippen LogP contribution is 2.30. The van der Waals surface area contributed by atoms with Crippen LogP contribution < -0.4 is 10.6 Å². The zero-order chi connectivity index (χ0) is 30.1. The van der Waals surface area contributed by atoms with Crippen LogP contribution in [0.15, 0.2) is 52.4 Å². The predicted molar refractivity (Wildman–Crippen MR) is 160 cm³/mol. The molecule has 41 heavy (non-hydrogen) atoms. The maximum Gasteiger partial charge on any atom is 0.254 e. The molecule has 1 aliphatic heterocycles. The Morgan fingerprint density at radius 1 is 1.15 bits per heavy atom. The van der Waals surface area contributed by atoms with E-state index in [-0.39, 0.29) is 24.6 Å². The van der Waals surface area contributed by atoms with E-state index in [1.807, 2.05) is 38.1 Å². The molecule has 0 aliphatic carbocycles. The van der Waals surface area contributed by atoms with E-state index in [1.54, 1.807) is 37.6 Å². The van der Waals surface area contributed by atoms with Crippen molar-refractivity contribution in [1.82, 2.24) is 20.5 Å². The summed E-state index contributed by atoms with van der Waals surface area (Å²) in [6.07, 6.45) is -0.829. The minimum atomic E-state index is -1.07. The van der Waals surface area contributed by atoms with E-state index in [9.17, 15) is 23.9 Å². The second-order valence-corrected chi connectivity index (χ2v) is 13.2. The van der Waals surface area contributed by atoms with E-state index < -0.39 is 47.1 Å². The SMILES string of the molecule is Cc1ncsc1-c1ccc([C@H](C)NC(=O)[C@@H]2C[C@@H](O)CN2C(=O)[C@@H](NC(=O)c2cc(Br)ccc2F)C(C)(C)C)cc1.